The average Bonchev–Trinajstić information content (AvgIpc) is 2.49. The van der Waals surface area contributed by atoms with Crippen LogP contribution in [0.5, 0.6) is 0 Å². The lowest BCUT2D eigenvalue weighted by molar-refractivity contribution is -0.950. The van der Waals surface area contributed by atoms with E-state index in [-0.39, 0.29) is 0 Å². The molecule has 0 aromatic rings. The summed E-state index contributed by atoms with van der Waals surface area (Å²) in [4.78, 5) is 0. The van der Waals surface area contributed by atoms with Gasteiger partial charge in [-0.3, -0.25) is 4.48 Å². The van der Waals surface area contributed by atoms with Crippen LogP contribution in [0, 0.1) is 0 Å². The molecule has 3 nitrogen and oxygen atoms in total. The molecule has 70 valence electrons. The van der Waals surface area contributed by atoms with Crippen molar-refractivity contribution >= 4 is 22.6 Å². The zero-order chi connectivity index (χ0) is 8.44. The first kappa shape index (κ1) is 9.18. The summed E-state index contributed by atoms with van der Waals surface area (Å²) in [7, 11) is 0. The second kappa shape index (κ2) is 3.77. The molecule has 0 bridgehead atoms. The molecule has 2 heterocycles. The summed E-state index contributed by atoms with van der Waals surface area (Å²) in [6.07, 6.45) is 0. The lowest BCUT2D eigenvalue weighted by Gasteiger charge is -2.40. The summed E-state index contributed by atoms with van der Waals surface area (Å²) < 4.78 is 13.3. The summed E-state index contributed by atoms with van der Waals surface area (Å²) >= 11 is 2.47. The van der Waals surface area contributed by atoms with E-state index in [0.717, 1.165) is 50.2 Å². The fourth-order valence-corrected chi connectivity index (χ4v) is 3.12. The Bertz CT molecular complexity index is 159. The number of ether oxygens (including phenoxy) is 2. The SMILES string of the molecule is ICC1COC[N+]12CCOCC2. The van der Waals surface area contributed by atoms with Crippen molar-refractivity contribution < 1.29 is 14.0 Å². The van der Waals surface area contributed by atoms with Gasteiger partial charge in [0.1, 0.15) is 25.7 Å². The van der Waals surface area contributed by atoms with E-state index in [4.69, 9.17) is 9.47 Å². The minimum absolute atomic E-state index is 0.717. The Morgan fingerprint density at radius 3 is 2.67 bits per heavy atom. The smallest absolute Gasteiger partial charge is 0.183 e. The van der Waals surface area contributed by atoms with E-state index in [2.05, 4.69) is 22.6 Å². The van der Waals surface area contributed by atoms with Crippen LogP contribution in [-0.4, -0.2) is 54.6 Å². The predicted octanol–water partition coefficient (Wildman–Crippen LogP) is 0.625. The molecule has 2 fully saturated rings. The van der Waals surface area contributed by atoms with Gasteiger partial charge in [-0.05, 0) is 0 Å². The van der Waals surface area contributed by atoms with Crippen molar-refractivity contribution in [3.05, 3.63) is 0 Å². The van der Waals surface area contributed by atoms with E-state index in [0.29, 0.717) is 0 Å². The quantitative estimate of drug-likeness (QED) is 0.399. The monoisotopic (exact) mass is 284 g/mol. The number of rotatable bonds is 1. The second-order valence-electron chi connectivity index (χ2n) is 3.59. The zero-order valence-electron chi connectivity index (χ0n) is 7.17. The molecule has 0 aromatic carbocycles. The van der Waals surface area contributed by atoms with Crippen molar-refractivity contribution in [2.24, 2.45) is 0 Å². The number of alkyl halides is 1. The third-order valence-electron chi connectivity index (χ3n) is 2.97. The van der Waals surface area contributed by atoms with Crippen LogP contribution in [0.3, 0.4) is 0 Å². The summed E-state index contributed by atoms with van der Waals surface area (Å²) in [5.74, 6) is 0. The minimum atomic E-state index is 0.717. The van der Waals surface area contributed by atoms with Gasteiger partial charge in [0.25, 0.3) is 0 Å². The summed E-state index contributed by atoms with van der Waals surface area (Å²) in [6.45, 7) is 5.98. The first-order valence-electron chi connectivity index (χ1n) is 4.45. The molecule has 1 atom stereocenters. The van der Waals surface area contributed by atoms with Gasteiger partial charge in [0.15, 0.2) is 6.73 Å². The van der Waals surface area contributed by atoms with Crippen molar-refractivity contribution in [1.82, 2.24) is 0 Å². The van der Waals surface area contributed by atoms with Crippen LogP contribution in [-0.2, 0) is 9.47 Å². The maximum atomic E-state index is 5.55. The van der Waals surface area contributed by atoms with Crippen LogP contribution in [0.2, 0.25) is 0 Å². The molecule has 4 heteroatoms. The number of hydrogen-bond donors (Lipinski definition) is 0. The van der Waals surface area contributed by atoms with Crippen LogP contribution in [0.1, 0.15) is 0 Å². The first-order valence-corrected chi connectivity index (χ1v) is 5.97. The molecule has 0 saturated carbocycles. The van der Waals surface area contributed by atoms with Gasteiger partial charge in [-0.15, -0.1) is 0 Å². The Morgan fingerprint density at radius 1 is 1.25 bits per heavy atom. The molecule has 12 heavy (non-hydrogen) atoms. The normalized spacial score (nSPS) is 34.2. The summed E-state index contributed by atoms with van der Waals surface area (Å²) in [6, 6.07) is 0.717. The first-order chi connectivity index (χ1) is 5.87. The van der Waals surface area contributed by atoms with E-state index in [1.807, 2.05) is 0 Å². The molecular weight excluding hydrogens is 269 g/mol. The Hall–Kier alpha value is 0.610. The highest BCUT2D eigenvalue weighted by atomic mass is 127. The summed E-state index contributed by atoms with van der Waals surface area (Å²) in [5.41, 5.74) is 0. The molecule has 1 spiro atoms. The third-order valence-corrected chi connectivity index (χ3v) is 3.99. The number of morpholine rings is 1. The van der Waals surface area contributed by atoms with Gasteiger partial charge in [-0.2, -0.15) is 0 Å². The predicted molar refractivity (Wildman–Crippen MR) is 54.3 cm³/mol. The molecule has 0 amide bonds. The average molecular weight is 284 g/mol. The van der Waals surface area contributed by atoms with Crippen LogP contribution >= 0.6 is 22.6 Å². The third kappa shape index (κ3) is 1.49. The molecule has 0 aliphatic carbocycles. The van der Waals surface area contributed by atoms with E-state index < -0.39 is 0 Å². The molecule has 0 aromatic heterocycles. The van der Waals surface area contributed by atoms with Crippen molar-refractivity contribution in [2.45, 2.75) is 6.04 Å². The zero-order valence-corrected chi connectivity index (χ0v) is 9.33. The molecular formula is C8H15INO2+. The Balaban J connectivity index is 2.05. The van der Waals surface area contributed by atoms with Gasteiger partial charge in [0.2, 0.25) is 0 Å². The van der Waals surface area contributed by atoms with E-state index in [1.54, 1.807) is 0 Å². The van der Waals surface area contributed by atoms with Crippen LogP contribution < -0.4 is 0 Å². The van der Waals surface area contributed by atoms with Crippen molar-refractivity contribution in [3.63, 3.8) is 0 Å². The van der Waals surface area contributed by atoms with Crippen LogP contribution in [0.4, 0.5) is 0 Å². The van der Waals surface area contributed by atoms with Crippen molar-refractivity contribution in [1.29, 1.82) is 0 Å². The topological polar surface area (TPSA) is 18.5 Å². The Labute approximate surface area is 86.7 Å². The highest BCUT2D eigenvalue weighted by Gasteiger charge is 2.43. The maximum absolute atomic E-state index is 5.55. The summed E-state index contributed by atoms with van der Waals surface area (Å²) in [5, 5.41) is 0. The fourth-order valence-electron chi connectivity index (χ4n) is 2.03. The number of nitrogens with zero attached hydrogens (tertiary/aromatic N) is 1. The van der Waals surface area contributed by atoms with Crippen LogP contribution in [0.15, 0.2) is 0 Å². The molecule has 2 saturated heterocycles. The van der Waals surface area contributed by atoms with E-state index in [1.165, 1.54) is 4.43 Å². The molecule has 0 radical (unpaired) electrons. The van der Waals surface area contributed by atoms with Gasteiger partial charge < -0.3 is 9.47 Å². The largest absolute Gasteiger partial charge is 0.370 e. The second-order valence-corrected chi connectivity index (χ2v) is 4.47. The van der Waals surface area contributed by atoms with Gasteiger partial charge in [0, 0.05) is 0 Å². The minimum Gasteiger partial charge on any atom is -0.370 e. The van der Waals surface area contributed by atoms with E-state index >= 15 is 0 Å². The van der Waals surface area contributed by atoms with Crippen molar-refractivity contribution in [2.75, 3.05) is 44.1 Å². The van der Waals surface area contributed by atoms with Gasteiger partial charge in [-0.1, -0.05) is 22.6 Å². The highest BCUT2D eigenvalue weighted by Crippen LogP contribution is 2.24. The highest BCUT2D eigenvalue weighted by molar-refractivity contribution is 14.1. The van der Waals surface area contributed by atoms with E-state index in [9.17, 15) is 0 Å². The molecule has 2 aliphatic heterocycles. The lowest BCUT2D eigenvalue weighted by atomic mass is 10.2. The van der Waals surface area contributed by atoms with Gasteiger partial charge >= 0.3 is 0 Å². The molecule has 2 rings (SSSR count). The molecule has 1 unspecified atom stereocenters. The number of quaternary nitrogens is 1. The van der Waals surface area contributed by atoms with Gasteiger partial charge in [-0.25, -0.2) is 0 Å². The van der Waals surface area contributed by atoms with Crippen LogP contribution in [0.25, 0.3) is 0 Å². The van der Waals surface area contributed by atoms with Gasteiger partial charge in [0.05, 0.1) is 17.6 Å². The fraction of sp³-hybridized carbons (Fsp3) is 1.00. The Kier molecular flexibility index (Phi) is 2.89. The number of hydrogen-bond acceptors (Lipinski definition) is 2. The molecule has 2 aliphatic rings. The molecule has 0 N–H and O–H groups in total. The number of halogens is 1. The lowest BCUT2D eigenvalue weighted by Crippen LogP contribution is -2.58. The maximum Gasteiger partial charge on any atom is 0.183 e. The standard InChI is InChI=1S/C8H15INO2/c9-5-8-6-12-7-10(8)1-3-11-4-2-10/h8H,1-7H2/q+1. The van der Waals surface area contributed by atoms with Crippen molar-refractivity contribution in [3.8, 4) is 0 Å². The Morgan fingerprint density at radius 2 is 2.00 bits per heavy atom.